The number of anilines is 1. The fourth-order valence-corrected chi connectivity index (χ4v) is 1.23. The van der Waals surface area contributed by atoms with Crippen molar-refractivity contribution in [2.45, 2.75) is 0 Å². The highest BCUT2D eigenvalue weighted by Gasteiger charge is 2.05. The first-order valence-corrected chi connectivity index (χ1v) is 3.68. The van der Waals surface area contributed by atoms with E-state index in [9.17, 15) is 4.39 Å². The smallest absolute Gasteiger partial charge is 0.191 e. The monoisotopic (exact) mass is 185 g/mol. The molecule has 0 spiro atoms. The number of rotatable bonds is 0. The lowest BCUT2D eigenvalue weighted by Gasteiger charge is -1.91. The highest BCUT2D eigenvalue weighted by molar-refractivity contribution is 6.31. The Labute approximate surface area is 72.7 Å². The Bertz CT molecular complexity index is 399. The summed E-state index contributed by atoms with van der Waals surface area (Å²) in [5.74, 6) is -0.245. The van der Waals surface area contributed by atoms with Gasteiger partial charge in [-0.1, -0.05) is 11.6 Å². The Kier molecular flexibility index (Phi) is 1.48. The molecule has 0 atom stereocenters. The van der Waals surface area contributed by atoms with E-state index >= 15 is 0 Å². The zero-order valence-electron chi connectivity index (χ0n) is 5.97. The van der Waals surface area contributed by atoms with Gasteiger partial charge in [-0.2, -0.15) is 0 Å². The van der Waals surface area contributed by atoms with Crippen LogP contribution < -0.4 is 5.73 Å². The number of furan rings is 1. The van der Waals surface area contributed by atoms with Gasteiger partial charge in [0.25, 0.3) is 0 Å². The Hall–Kier alpha value is -1.22. The molecule has 0 aliphatic carbocycles. The summed E-state index contributed by atoms with van der Waals surface area (Å²) in [5, 5.41) is 0.780. The van der Waals surface area contributed by atoms with Gasteiger partial charge in [0.2, 0.25) is 0 Å². The molecule has 2 aromatic rings. The molecule has 0 radical (unpaired) electrons. The first-order valence-electron chi connectivity index (χ1n) is 3.31. The van der Waals surface area contributed by atoms with Crippen LogP contribution in [-0.2, 0) is 0 Å². The van der Waals surface area contributed by atoms with Gasteiger partial charge < -0.3 is 10.2 Å². The number of halogens is 2. The summed E-state index contributed by atoms with van der Waals surface area (Å²) >= 11 is 5.54. The molecule has 2 nitrogen and oxygen atoms in total. The van der Waals surface area contributed by atoms with Gasteiger partial charge >= 0.3 is 0 Å². The lowest BCUT2D eigenvalue weighted by Crippen LogP contribution is -1.75. The maximum Gasteiger partial charge on any atom is 0.191 e. The molecule has 0 saturated carbocycles. The molecule has 0 unspecified atom stereocenters. The van der Waals surface area contributed by atoms with E-state index in [1.54, 1.807) is 6.07 Å². The molecular weight excluding hydrogens is 181 g/mol. The van der Waals surface area contributed by atoms with Crippen LogP contribution in [0, 0.1) is 5.82 Å². The maximum atomic E-state index is 12.8. The average molecular weight is 186 g/mol. The van der Waals surface area contributed by atoms with Crippen LogP contribution in [0.1, 0.15) is 0 Å². The van der Waals surface area contributed by atoms with Gasteiger partial charge in [0.1, 0.15) is 11.4 Å². The summed E-state index contributed by atoms with van der Waals surface area (Å²) in [4.78, 5) is 0. The Morgan fingerprint density at radius 3 is 2.83 bits per heavy atom. The van der Waals surface area contributed by atoms with E-state index in [2.05, 4.69) is 0 Å². The van der Waals surface area contributed by atoms with E-state index in [0.717, 1.165) is 0 Å². The molecule has 1 aromatic heterocycles. The third kappa shape index (κ3) is 1.02. The zero-order valence-corrected chi connectivity index (χ0v) is 6.73. The van der Waals surface area contributed by atoms with Gasteiger partial charge in [0.05, 0.1) is 5.02 Å². The second-order valence-corrected chi connectivity index (χ2v) is 2.86. The van der Waals surface area contributed by atoms with Crippen molar-refractivity contribution in [2.75, 3.05) is 5.73 Å². The summed E-state index contributed by atoms with van der Waals surface area (Å²) in [5.41, 5.74) is 5.77. The molecular formula is C8H5ClFNO. The topological polar surface area (TPSA) is 39.2 Å². The van der Waals surface area contributed by atoms with Crippen molar-refractivity contribution < 1.29 is 8.81 Å². The van der Waals surface area contributed by atoms with Gasteiger partial charge in [-0.25, -0.2) is 4.39 Å². The largest absolute Gasteiger partial charge is 0.441 e. The van der Waals surface area contributed by atoms with Crippen LogP contribution in [-0.4, -0.2) is 0 Å². The summed E-state index contributed by atoms with van der Waals surface area (Å²) in [6.45, 7) is 0. The van der Waals surface area contributed by atoms with E-state index in [0.29, 0.717) is 11.0 Å². The number of hydrogen-bond acceptors (Lipinski definition) is 2. The third-order valence-electron chi connectivity index (χ3n) is 1.58. The van der Waals surface area contributed by atoms with Crippen molar-refractivity contribution >= 4 is 28.5 Å². The molecule has 0 fully saturated rings. The van der Waals surface area contributed by atoms with Crippen LogP contribution in [0.25, 0.3) is 11.0 Å². The van der Waals surface area contributed by atoms with Crippen LogP contribution in [0.3, 0.4) is 0 Å². The molecule has 0 aliphatic rings. The summed E-state index contributed by atoms with van der Waals surface area (Å²) in [7, 11) is 0. The minimum absolute atomic E-state index is 0.0725. The number of hydrogen-bond donors (Lipinski definition) is 1. The first kappa shape index (κ1) is 7.43. The van der Waals surface area contributed by atoms with E-state index in [4.69, 9.17) is 21.8 Å². The van der Waals surface area contributed by atoms with Gasteiger partial charge in [0.15, 0.2) is 5.88 Å². The van der Waals surface area contributed by atoms with Gasteiger partial charge in [-0.3, -0.25) is 0 Å². The first-order chi connectivity index (χ1) is 5.66. The predicted molar refractivity (Wildman–Crippen MR) is 45.6 cm³/mol. The van der Waals surface area contributed by atoms with Gasteiger partial charge in [0, 0.05) is 17.5 Å². The molecule has 12 heavy (non-hydrogen) atoms. The number of benzene rings is 1. The van der Waals surface area contributed by atoms with Crippen molar-refractivity contribution in [3.63, 3.8) is 0 Å². The van der Waals surface area contributed by atoms with Crippen LogP contribution in [0.15, 0.2) is 22.6 Å². The summed E-state index contributed by atoms with van der Waals surface area (Å²) in [6, 6.07) is 4.29. The Morgan fingerprint density at radius 1 is 1.33 bits per heavy atom. The average Bonchev–Trinajstić information content (AvgIpc) is 2.30. The molecule has 0 bridgehead atoms. The zero-order chi connectivity index (χ0) is 8.72. The van der Waals surface area contributed by atoms with E-state index in [1.807, 2.05) is 0 Å². The second kappa shape index (κ2) is 2.38. The minimum atomic E-state index is -0.501. The fourth-order valence-electron chi connectivity index (χ4n) is 1.05. The molecule has 0 amide bonds. The van der Waals surface area contributed by atoms with Crippen LogP contribution >= 0.6 is 11.6 Å². The lowest BCUT2D eigenvalue weighted by atomic mass is 10.2. The van der Waals surface area contributed by atoms with Gasteiger partial charge in [-0.15, -0.1) is 0 Å². The summed E-state index contributed by atoms with van der Waals surface area (Å²) in [6.07, 6.45) is 0. The minimum Gasteiger partial charge on any atom is -0.441 e. The van der Waals surface area contributed by atoms with E-state index in [1.165, 1.54) is 12.1 Å². The normalized spacial score (nSPS) is 10.8. The number of nitrogen functional groups attached to an aromatic ring is 1. The highest BCUT2D eigenvalue weighted by Crippen LogP contribution is 2.26. The molecule has 0 saturated heterocycles. The maximum absolute atomic E-state index is 12.8. The molecule has 1 heterocycles. The van der Waals surface area contributed by atoms with Crippen molar-refractivity contribution in [3.8, 4) is 0 Å². The third-order valence-corrected chi connectivity index (χ3v) is 1.87. The number of fused-ring (bicyclic) bond motifs is 1. The van der Waals surface area contributed by atoms with Crippen LogP contribution in [0.2, 0.25) is 5.02 Å². The van der Waals surface area contributed by atoms with E-state index < -0.39 is 5.82 Å². The molecule has 2 N–H and O–H groups in total. The van der Waals surface area contributed by atoms with Crippen LogP contribution in [0.5, 0.6) is 0 Å². The van der Waals surface area contributed by atoms with Crippen molar-refractivity contribution in [1.29, 1.82) is 0 Å². The predicted octanol–water partition coefficient (Wildman–Crippen LogP) is 2.81. The Balaban J connectivity index is 2.83. The van der Waals surface area contributed by atoms with Crippen LogP contribution in [0.4, 0.5) is 10.3 Å². The second-order valence-electron chi connectivity index (χ2n) is 2.45. The Morgan fingerprint density at radius 2 is 2.08 bits per heavy atom. The van der Waals surface area contributed by atoms with Gasteiger partial charge in [-0.05, 0) is 6.07 Å². The number of nitrogens with two attached hydrogens (primary N) is 1. The molecule has 0 aliphatic heterocycles. The SMILES string of the molecule is Nc1cc2cc(Cl)c(F)cc2o1. The molecule has 2 rings (SSSR count). The highest BCUT2D eigenvalue weighted by atomic mass is 35.5. The molecule has 1 aromatic carbocycles. The standard InChI is InChI=1S/C8H5ClFNO/c9-5-1-4-2-8(11)12-7(4)3-6(5)10/h1-3H,11H2. The quantitative estimate of drug-likeness (QED) is 0.686. The van der Waals surface area contributed by atoms with E-state index in [-0.39, 0.29) is 10.9 Å². The molecule has 62 valence electrons. The van der Waals surface area contributed by atoms with Crippen molar-refractivity contribution in [2.24, 2.45) is 0 Å². The van der Waals surface area contributed by atoms with Crippen molar-refractivity contribution in [1.82, 2.24) is 0 Å². The van der Waals surface area contributed by atoms with Crippen molar-refractivity contribution in [3.05, 3.63) is 29.0 Å². The fraction of sp³-hybridized carbons (Fsp3) is 0. The molecule has 4 heteroatoms. The summed E-state index contributed by atoms with van der Waals surface area (Å²) < 4.78 is 17.8. The lowest BCUT2D eigenvalue weighted by molar-refractivity contribution is 0.610.